The maximum Gasteiger partial charge on any atom is 0.130 e. The van der Waals surface area contributed by atoms with Crippen molar-refractivity contribution in [3.05, 3.63) is 167 Å². The molecule has 0 fully saturated rings. The Morgan fingerprint density at radius 2 is 0.901 bits per heavy atom. The Morgan fingerprint density at radius 1 is 0.370 bits per heavy atom. The van der Waals surface area contributed by atoms with E-state index in [0.29, 0.717) is 94.4 Å². The lowest BCUT2D eigenvalue weighted by molar-refractivity contribution is 0.660. The summed E-state index contributed by atoms with van der Waals surface area (Å²) in [7, 11) is 105. The number of furan rings is 1. The van der Waals surface area contributed by atoms with Gasteiger partial charge in [0.05, 0.1) is 22.2 Å². The molecule has 1 spiro atoms. The number of hydrogen-bond acceptors (Lipinski definition) is 2. The van der Waals surface area contributed by atoms with Crippen molar-refractivity contribution in [3.8, 4) is 55.6 Å². The molecule has 17 heteroatoms. The molecule has 0 aliphatic heterocycles. The molecule has 10 aromatic carbocycles. The number of fused-ring (bicyclic) bond motifs is 16. The van der Waals surface area contributed by atoms with Gasteiger partial charge in [-0.3, -0.25) is 0 Å². The van der Waals surface area contributed by atoms with Crippen molar-refractivity contribution in [2.45, 2.75) is 24.7 Å². The standard InChI is InChI=1S/C64H28B15NO/c1-63(2)33-19-29(13-14-30(33)46-31(26-11-7-4-8-12-26)15-27(16-34(46)63)25-9-5-3-6-10-25)80(60-42(70)23-44(72)62-47(60)32-17-28(65)18-43(71)61(32)81-62)45-24-41(69)53(73)51-50-37(22-40(68)56(76)59(50)79)64(52(45)51)35-20-38(66)54(74)57(77)48(35)49-36(64)21-39(67)55(75)58(49)78/h3-24H,1-2H3. The number of benzene rings is 10. The fourth-order valence-corrected chi connectivity index (χ4v) is 13.7. The molecule has 340 valence electrons. The topological polar surface area (TPSA) is 16.4 Å². The lowest BCUT2D eigenvalue weighted by atomic mass is 9.62. The van der Waals surface area contributed by atoms with Gasteiger partial charge >= 0.3 is 0 Å². The molecule has 0 N–H and O–H groups in total. The molecule has 0 unspecified atom stereocenters. The van der Waals surface area contributed by atoms with E-state index < -0.39 is 10.8 Å². The number of nitrogens with zero attached hydrogens (tertiary/aromatic N) is 1. The van der Waals surface area contributed by atoms with E-state index in [-0.39, 0.29) is 71.0 Å². The van der Waals surface area contributed by atoms with E-state index in [0.717, 1.165) is 44.5 Å². The quantitative estimate of drug-likeness (QED) is 0.205. The normalized spacial score (nSPS) is 13.8. The molecule has 30 radical (unpaired) electrons. The van der Waals surface area contributed by atoms with Crippen LogP contribution in [0.25, 0.3) is 77.6 Å². The molecule has 0 saturated carbocycles. The minimum Gasteiger partial charge on any atom is -0.457 e. The van der Waals surface area contributed by atoms with Gasteiger partial charge in [0.1, 0.15) is 129 Å². The minimum atomic E-state index is -1.55. The van der Waals surface area contributed by atoms with E-state index in [4.69, 9.17) is 122 Å². The van der Waals surface area contributed by atoms with Gasteiger partial charge in [-0.25, -0.2) is 0 Å². The van der Waals surface area contributed by atoms with Gasteiger partial charge in [0.25, 0.3) is 0 Å². The molecule has 2 nitrogen and oxygen atoms in total. The van der Waals surface area contributed by atoms with Crippen LogP contribution in [0.1, 0.15) is 47.2 Å². The Kier molecular flexibility index (Phi) is 11.5. The molecule has 0 bridgehead atoms. The van der Waals surface area contributed by atoms with Crippen molar-refractivity contribution in [2.24, 2.45) is 0 Å². The Bertz CT molecular complexity index is 4600. The maximum absolute atomic E-state index is 7.52. The third kappa shape index (κ3) is 6.90. The monoisotopic (exact) mass is 991 g/mol. The van der Waals surface area contributed by atoms with E-state index in [1.54, 1.807) is 36.4 Å². The highest BCUT2D eigenvalue weighted by Gasteiger charge is 2.56. The van der Waals surface area contributed by atoms with Crippen molar-refractivity contribution in [1.82, 2.24) is 0 Å². The molecular weight excluding hydrogens is 961 g/mol. The van der Waals surface area contributed by atoms with Crippen molar-refractivity contribution in [2.75, 3.05) is 4.90 Å². The van der Waals surface area contributed by atoms with Crippen LogP contribution in [-0.2, 0) is 10.8 Å². The Labute approximate surface area is 492 Å². The van der Waals surface area contributed by atoms with Gasteiger partial charge in [0.15, 0.2) is 0 Å². The lowest BCUT2D eigenvalue weighted by Gasteiger charge is -2.38. The molecule has 0 atom stereocenters. The summed E-state index contributed by atoms with van der Waals surface area (Å²) in [6.45, 7) is 4.49. The van der Waals surface area contributed by atoms with E-state index in [1.165, 1.54) is 0 Å². The highest BCUT2D eigenvalue weighted by molar-refractivity contribution is 6.63. The van der Waals surface area contributed by atoms with E-state index >= 15 is 0 Å². The fraction of sp³-hybridized carbons (Fsp3) is 0.0625. The Hall–Kier alpha value is -7.23. The summed E-state index contributed by atoms with van der Waals surface area (Å²) in [5.41, 5.74) is 15.6. The molecule has 81 heavy (non-hydrogen) atoms. The highest BCUT2D eigenvalue weighted by Crippen LogP contribution is 2.64. The van der Waals surface area contributed by atoms with Crippen LogP contribution in [0.3, 0.4) is 0 Å². The average Bonchev–Trinajstić information content (AvgIpc) is 1.96. The smallest absolute Gasteiger partial charge is 0.130 e. The van der Waals surface area contributed by atoms with Crippen LogP contribution in [0, 0.1) is 0 Å². The van der Waals surface area contributed by atoms with Gasteiger partial charge in [0, 0.05) is 22.1 Å². The van der Waals surface area contributed by atoms with Gasteiger partial charge in [-0.05, 0) is 114 Å². The van der Waals surface area contributed by atoms with Crippen molar-refractivity contribution in [3.63, 3.8) is 0 Å². The average molecular weight is 989 g/mol. The summed E-state index contributed by atoms with van der Waals surface area (Å²) < 4.78 is 6.67. The van der Waals surface area contributed by atoms with Gasteiger partial charge in [-0.2, -0.15) is 0 Å². The zero-order chi connectivity index (χ0) is 56.8. The summed E-state index contributed by atoms with van der Waals surface area (Å²) >= 11 is 0. The third-order valence-corrected chi connectivity index (χ3v) is 17.4. The van der Waals surface area contributed by atoms with Gasteiger partial charge < -0.3 is 9.32 Å². The van der Waals surface area contributed by atoms with Crippen LogP contribution in [-0.4, -0.2) is 118 Å². The first-order chi connectivity index (χ1) is 38.7. The molecule has 1 heterocycles. The predicted molar refractivity (Wildman–Crippen MR) is 354 cm³/mol. The summed E-state index contributed by atoms with van der Waals surface area (Å²) in [5.74, 6) is 0. The molecule has 14 rings (SSSR count). The van der Waals surface area contributed by atoms with E-state index in [2.05, 4.69) is 97.6 Å². The van der Waals surface area contributed by atoms with Crippen LogP contribution in [0.15, 0.2) is 138 Å². The van der Waals surface area contributed by atoms with Crippen molar-refractivity contribution < 1.29 is 4.42 Å². The van der Waals surface area contributed by atoms with Crippen LogP contribution in [0.2, 0.25) is 0 Å². The van der Waals surface area contributed by atoms with Crippen LogP contribution >= 0.6 is 0 Å². The van der Waals surface area contributed by atoms with E-state index in [9.17, 15) is 0 Å². The van der Waals surface area contributed by atoms with Crippen molar-refractivity contribution >= 4 is 239 Å². The second-order valence-electron chi connectivity index (χ2n) is 22.1. The second kappa shape index (κ2) is 17.9. The van der Waals surface area contributed by atoms with Gasteiger partial charge in [-0.1, -0.05) is 161 Å². The lowest BCUT2D eigenvalue weighted by Crippen LogP contribution is -2.43. The summed E-state index contributed by atoms with van der Waals surface area (Å²) in [6.07, 6.45) is 0. The minimum absolute atomic E-state index is 0.123. The molecule has 0 saturated heterocycles. The van der Waals surface area contributed by atoms with E-state index in [1.807, 2.05) is 18.2 Å². The van der Waals surface area contributed by atoms with Crippen molar-refractivity contribution in [1.29, 1.82) is 0 Å². The van der Waals surface area contributed by atoms with Crippen LogP contribution < -0.4 is 86.8 Å². The molecule has 3 aliphatic rings. The second-order valence-corrected chi connectivity index (χ2v) is 22.1. The maximum atomic E-state index is 7.52. The Morgan fingerprint density at radius 3 is 1.48 bits per heavy atom. The third-order valence-electron chi connectivity index (χ3n) is 17.4. The fourth-order valence-electron chi connectivity index (χ4n) is 13.7. The Balaban J connectivity index is 1.17. The highest BCUT2D eigenvalue weighted by atomic mass is 16.3. The first-order valence-corrected chi connectivity index (χ1v) is 26.2. The van der Waals surface area contributed by atoms with Crippen LogP contribution in [0.4, 0.5) is 17.1 Å². The summed E-state index contributed by atoms with van der Waals surface area (Å²) in [6, 6.07) is 44.1. The molecular formula is C64H28B15NO. The first-order valence-electron chi connectivity index (χ1n) is 26.2. The molecule has 11 aromatic rings. The molecule has 0 amide bonds. The summed E-state index contributed by atoms with van der Waals surface area (Å²) in [5, 5.41) is 1.04. The first kappa shape index (κ1) is 51.9. The number of rotatable bonds is 5. The van der Waals surface area contributed by atoms with Crippen LogP contribution in [0.5, 0.6) is 0 Å². The SMILES string of the molecule is [B]c1cc([B])c2oc3c([B])cc([B])c(N(c4ccc5c(c4)C(C)(C)c4cc(-c6ccccc6)cc(-c6ccccc6)c4-5)c4cc([B])c([B])c5c4C4(c6cc([B])c([B])c([B])c6-c6c4cc([B])c([B])c6[B])c4cc([B])c([B])c([B])c4-5)c3c2c1. The largest absolute Gasteiger partial charge is 0.457 e. The zero-order valence-corrected chi connectivity index (χ0v) is 44.2. The number of anilines is 3. The summed E-state index contributed by atoms with van der Waals surface area (Å²) in [4.78, 5) is 2.05. The number of hydrogen-bond donors (Lipinski definition) is 0. The molecule has 1 aromatic heterocycles. The van der Waals surface area contributed by atoms with Gasteiger partial charge in [0.2, 0.25) is 0 Å². The molecule has 3 aliphatic carbocycles. The van der Waals surface area contributed by atoms with Gasteiger partial charge in [-0.15, -0.1) is 38.2 Å². The predicted octanol–water partition coefficient (Wildman–Crippen LogP) is -1.05. The zero-order valence-electron chi connectivity index (χ0n) is 44.2.